The van der Waals surface area contributed by atoms with Crippen LogP contribution >= 0.6 is 0 Å². The van der Waals surface area contributed by atoms with E-state index in [0.717, 1.165) is 0 Å². The van der Waals surface area contributed by atoms with Crippen LogP contribution in [-0.4, -0.2) is 38.8 Å². The third-order valence-electron chi connectivity index (χ3n) is 2.53. The number of nitrogens with zero attached hydrogens (tertiary/aromatic N) is 1. The summed E-state index contributed by atoms with van der Waals surface area (Å²) in [4.78, 5) is 10.6. The molecule has 0 saturated heterocycles. The maximum atomic E-state index is 11.5. The van der Waals surface area contributed by atoms with Gasteiger partial charge in [-0.2, -0.15) is 0 Å². The molecule has 21 heavy (non-hydrogen) atoms. The van der Waals surface area contributed by atoms with Gasteiger partial charge in [-0.25, -0.2) is 13.1 Å². The van der Waals surface area contributed by atoms with Crippen LogP contribution in [0.4, 0.5) is 11.4 Å². The average Bonchev–Trinajstić information content (AvgIpc) is 2.38. The van der Waals surface area contributed by atoms with Gasteiger partial charge in [0.05, 0.1) is 17.3 Å². The molecule has 0 aliphatic carbocycles. The number of para-hydroxylation sites is 1. The predicted molar refractivity (Wildman–Crippen MR) is 80.2 cm³/mol. The summed E-state index contributed by atoms with van der Waals surface area (Å²) in [6, 6.07) is 4.63. The summed E-state index contributed by atoms with van der Waals surface area (Å²) in [5, 5.41) is 13.9. The van der Waals surface area contributed by atoms with Gasteiger partial charge in [0.1, 0.15) is 5.69 Å². The normalized spacial score (nSPS) is 11.1. The number of sulfonamides is 1. The van der Waals surface area contributed by atoms with Crippen LogP contribution in [0.3, 0.4) is 0 Å². The van der Waals surface area contributed by atoms with Gasteiger partial charge in [-0.05, 0) is 19.1 Å². The van der Waals surface area contributed by atoms with Crippen LogP contribution in [0, 0.1) is 10.1 Å². The zero-order valence-corrected chi connectivity index (χ0v) is 12.8. The van der Waals surface area contributed by atoms with E-state index in [2.05, 4.69) is 10.0 Å². The molecule has 0 unspecified atom stereocenters. The minimum absolute atomic E-state index is 0.0613. The van der Waals surface area contributed by atoms with Gasteiger partial charge in [0, 0.05) is 13.1 Å². The highest BCUT2D eigenvalue weighted by atomic mass is 32.2. The van der Waals surface area contributed by atoms with E-state index in [1.54, 1.807) is 19.9 Å². The molecule has 9 heteroatoms. The lowest BCUT2D eigenvalue weighted by Crippen LogP contribution is -2.29. The summed E-state index contributed by atoms with van der Waals surface area (Å²) in [5.74, 6) is -0.0151. The Labute approximate surface area is 123 Å². The number of hydrogen-bond donors (Lipinski definition) is 2. The third kappa shape index (κ3) is 5.20. The van der Waals surface area contributed by atoms with E-state index < -0.39 is 14.9 Å². The molecule has 0 saturated carbocycles. The molecule has 0 aliphatic heterocycles. The van der Waals surface area contributed by atoms with Gasteiger partial charge in [-0.1, -0.05) is 13.0 Å². The molecule has 0 bridgehead atoms. The first-order chi connectivity index (χ1) is 9.91. The molecule has 0 aliphatic rings. The van der Waals surface area contributed by atoms with Gasteiger partial charge in [-0.15, -0.1) is 0 Å². The number of nitrogens with one attached hydrogen (secondary N) is 2. The maximum absolute atomic E-state index is 11.5. The van der Waals surface area contributed by atoms with E-state index in [1.807, 2.05) is 0 Å². The number of rotatable bonds is 9. The lowest BCUT2D eigenvalue weighted by atomic mass is 10.2. The van der Waals surface area contributed by atoms with E-state index in [0.29, 0.717) is 13.2 Å². The number of ether oxygens (including phenoxy) is 1. The first-order valence-electron chi connectivity index (χ1n) is 6.52. The van der Waals surface area contributed by atoms with E-state index >= 15 is 0 Å². The third-order valence-corrected chi connectivity index (χ3v) is 4.00. The molecule has 0 aromatic heterocycles. The van der Waals surface area contributed by atoms with E-state index in [-0.39, 0.29) is 29.4 Å². The van der Waals surface area contributed by atoms with E-state index in [4.69, 9.17) is 4.74 Å². The Balaban J connectivity index is 2.84. The molecule has 0 amide bonds. The Hall–Kier alpha value is -1.87. The summed E-state index contributed by atoms with van der Waals surface area (Å²) in [7, 11) is -3.37. The van der Waals surface area contributed by atoms with Crippen LogP contribution in [-0.2, 0) is 10.0 Å². The number of nitro groups is 1. The summed E-state index contributed by atoms with van der Waals surface area (Å²) in [5.41, 5.74) is 0.0397. The standard InChI is InChI=1S/C12H19N3O5S/c1-3-14-21(18,19)9-8-13-10-6-5-7-11(20-4-2)12(10)15(16)17/h5-7,13-14H,3-4,8-9H2,1-2H3. The number of benzene rings is 1. The second kappa shape index (κ2) is 7.79. The molecule has 2 N–H and O–H groups in total. The Morgan fingerprint density at radius 2 is 2.05 bits per heavy atom. The molecule has 0 atom stereocenters. The van der Waals surface area contributed by atoms with Gasteiger partial charge < -0.3 is 10.1 Å². The molecule has 1 aromatic carbocycles. The smallest absolute Gasteiger partial charge is 0.333 e. The second-order valence-corrected chi connectivity index (χ2v) is 6.01. The van der Waals surface area contributed by atoms with Crippen molar-refractivity contribution >= 4 is 21.4 Å². The van der Waals surface area contributed by atoms with Crippen LogP contribution in [0.25, 0.3) is 0 Å². The van der Waals surface area contributed by atoms with Crippen LogP contribution in [0.5, 0.6) is 5.75 Å². The monoisotopic (exact) mass is 317 g/mol. The molecule has 0 radical (unpaired) electrons. The molecular weight excluding hydrogens is 298 g/mol. The molecule has 1 aromatic rings. The minimum Gasteiger partial charge on any atom is -0.487 e. The predicted octanol–water partition coefficient (Wildman–Crippen LogP) is 1.34. The first kappa shape index (κ1) is 17.2. The molecule has 0 spiro atoms. The quantitative estimate of drug-likeness (QED) is 0.525. The SMILES string of the molecule is CCNS(=O)(=O)CCNc1cccc(OCC)c1[N+](=O)[O-]. The van der Waals surface area contributed by atoms with E-state index in [1.165, 1.54) is 12.1 Å². The molecule has 118 valence electrons. The number of nitro benzene ring substituents is 1. The highest BCUT2D eigenvalue weighted by Gasteiger charge is 2.21. The topological polar surface area (TPSA) is 111 Å². The van der Waals surface area contributed by atoms with Crippen molar-refractivity contribution < 1.29 is 18.1 Å². The van der Waals surface area contributed by atoms with Crippen LogP contribution in [0.1, 0.15) is 13.8 Å². The van der Waals surface area contributed by atoms with Gasteiger partial charge in [0.15, 0.2) is 5.75 Å². The Morgan fingerprint density at radius 1 is 1.33 bits per heavy atom. The van der Waals surface area contributed by atoms with Crippen LogP contribution < -0.4 is 14.8 Å². The van der Waals surface area contributed by atoms with Crippen molar-refractivity contribution in [3.05, 3.63) is 28.3 Å². The van der Waals surface area contributed by atoms with Gasteiger partial charge in [-0.3, -0.25) is 10.1 Å². The largest absolute Gasteiger partial charge is 0.487 e. The maximum Gasteiger partial charge on any atom is 0.333 e. The second-order valence-electron chi connectivity index (χ2n) is 4.09. The first-order valence-corrected chi connectivity index (χ1v) is 8.18. The lowest BCUT2D eigenvalue weighted by molar-refractivity contribution is -0.384. The number of hydrogen-bond acceptors (Lipinski definition) is 6. The minimum atomic E-state index is -3.37. The van der Waals surface area contributed by atoms with Gasteiger partial charge in [0.2, 0.25) is 10.0 Å². The highest BCUT2D eigenvalue weighted by Crippen LogP contribution is 2.34. The lowest BCUT2D eigenvalue weighted by Gasteiger charge is -2.10. The summed E-state index contributed by atoms with van der Waals surface area (Å²) < 4.78 is 30.6. The van der Waals surface area contributed by atoms with E-state index in [9.17, 15) is 18.5 Å². The van der Waals surface area contributed by atoms with Crippen molar-refractivity contribution in [2.24, 2.45) is 0 Å². The van der Waals surface area contributed by atoms with Crippen LogP contribution in [0.2, 0.25) is 0 Å². The van der Waals surface area contributed by atoms with Crippen molar-refractivity contribution in [2.75, 3.05) is 30.8 Å². The highest BCUT2D eigenvalue weighted by molar-refractivity contribution is 7.89. The Bertz CT molecular complexity index is 589. The zero-order valence-electron chi connectivity index (χ0n) is 12.0. The van der Waals surface area contributed by atoms with Crippen LogP contribution in [0.15, 0.2) is 18.2 Å². The average molecular weight is 317 g/mol. The van der Waals surface area contributed by atoms with Crippen molar-refractivity contribution in [1.82, 2.24) is 4.72 Å². The summed E-state index contributed by atoms with van der Waals surface area (Å²) in [6.07, 6.45) is 0. The molecule has 0 fully saturated rings. The summed E-state index contributed by atoms with van der Waals surface area (Å²) in [6.45, 7) is 4.08. The zero-order chi connectivity index (χ0) is 15.9. The molecular formula is C12H19N3O5S. The molecule has 0 heterocycles. The van der Waals surface area contributed by atoms with Gasteiger partial charge in [0.25, 0.3) is 0 Å². The Morgan fingerprint density at radius 3 is 2.62 bits per heavy atom. The molecule has 1 rings (SSSR count). The van der Waals surface area contributed by atoms with Crippen molar-refractivity contribution in [3.63, 3.8) is 0 Å². The fraction of sp³-hybridized carbons (Fsp3) is 0.500. The van der Waals surface area contributed by atoms with Crippen molar-refractivity contribution in [2.45, 2.75) is 13.8 Å². The fourth-order valence-electron chi connectivity index (χ4n) is 1.74. The Kier molecular flexibility index (Phi) is 6.38. The fourth-order valence-corrected chi connectivity index (χ4v) is 2.69. The number of anilines is 1. The van der Waals surface area contributed by atoms with Gasteiger partial charge >= 0.3 is 5.69 Å². The summed E-state index contributed by atoms with van der Waals surface area (Å²) >= 11 is 0. The van der Waals surface area contributed by atoms with Crippen molar-refractivity contribution in [3.8, 4) is 5.75 Å². The van der Waals surface area contributed by atoms with Crippen molar-refractivity contribution in [1.29, 1.82) is 0 Å². The molecule has 8 nitrogen and oxygen atoms in total.